The SMILES string of the molecule is CC(C)n1cnc2c(NCc3cccnc3-n3ccc(N(C)C)n3)nc(Cl)nc21. The molecule has 0 aliphatic rings. The number of nitrogens with zero attached hydrogens (tertiary/aromatic N) is 8. The number of nitrogens with one attached hydrogen (secondary N) is 1. The molecule has 0 saturated heterocycles. The summed E-state index contributed by atoms with van der Waals surface area (Å²) in [5.74, 6) is 2.19. The molecule has 10 heteroatoms. The largest absolute Gasteiger partial charge is 0.364 e. The Labute approximate surface area is 173 Å². The van der Waals surface area contributed by atoms with Crippen molar-refractivity contribution in [3.05, 3.63) is 47.8 Å². The van der Waals surface area contributed by atoms with Crippen molar-refractivity contribution >= 4 is 34.4 Å². The fourth-order valence-corrected chi connectivity index (χ4v) is 3.18. The van der Waals surface area contributed by atoms with E-state index in [2.05, 4.69) is 44.2 Å². The summed E-state index contributed by atoms with van der Waals surface area (Å²) in [6, 6.07) is 6.05. The fraction of sp³-hybridized carbons (Fsp3) is 0.316. The molecular weight excluding hydrogens is 390 g/mol. The number of fused-ring (bicyclic) bond motifs is 1. The zero-order chi connectivity index (χ0) is 20.5. The summed E-state index contributed by atoms with van der Waals surface area (Å²) in [6.45, 7) is 4.62. The molecule has 0 aliphatic heterocycles. The van der Waals surface area contributed by atoms with Crippen molar-refractivity contribution in [2.45, 2.75) is 26.4 Å². The number of rotatable bonds is 6. The molecule has 150 valence electrons. The lowest BCUT2D eigenvalue weighted by molar-refractivity contribution is 0.612. The number of hydrogen-bond acceptors (Lipinski definition) is 7. The Morgan fingerprint density at radius 3 is 2.72 bits per heavy atom. The van der Waals surface area contributed by atoms with Gasteiger partial charge < -0.3 is 14.8 Å². The Bertz CT molecular complexity index is 1150. The molecule has 0 radical (unpaired) electrons. The van der Waals surface area contributed by atoms with Gasteiger partial charge >= 0.3 is 0 Å². The Hall–Kier alpha value is -3.20. The molecule has 0 bridgehead atoms. The van der Waals surface area contributed by atoms with Crippen molar-refractivity contribution in [3.8, 4) is 5.82 Å². The molecule has 0 aliphatic carbocycles. The molecule has 0 amide bonds. The molecule has 4 aromatic rings. The summed E-state index contributed by atoms with van der Waals surface area (Å²) in [4.78, 5) is 19.6. The van der Waals surface area contributed by atoms with E-state index in [0.29, 0.717) is 23.5 Å². The van der Waals surface area contributed by atoms with Gasteiger partial charge in [0.1, 0.15) is 0 Å². The Morgan fingerprint density at radius 1 is 1.17 bits per heavy atom. The molecule has 0 unspecified atom stereocenters. The highest BCUT2D eigenvalue weighted by Gasteiger charge is 2.15. The molecule has 0 aromatic carbocycles. The van der Waals surface area contributed by atoms with Crippen LogP contribution in [0.25, 0.3) is 17.0 Å². The van der Waals surface area contributed by atoms with E-state index in [1.54, 1.807) is 17.2 Å². The van der Waals surface area contributed by atoms with Crippen LogP contribution < -0.4 is 10.2 Å². The molecule has 0 fully saturated rings. The smallest absolute Gasteiger partial charge is 0.226 e. The summed E-state index contributed by atoms with van der Waals surface area (Å²) < 4.78 is 3.73. The van der Waals surface area contributed by atoms with Gasteiger partial charge in [-0.15, -0.1) is 5.10 Å². The first-order chi connectivity index (χ1) is 13.9. The van der Waals surface area contributed by atoms with E-state index in [4.69, 9.17) is 11.6 Å². The zero-order valence-electron chi connectivity index (χ0n) is 16.7. The fourth-order valence-electron chi connectivity index (χ4n) is 3.02. The predicted octanol–water partition coefficient (Wildman–Crippen LogP) is 3.32. The van der Waals surface area contributed by atoms with Crippen LogP contribution in [-0.4, -0.2) is 48.4 Å². The maximum Gasteiger partial charge on any atom is 0.226 e. The van der Waals surface area contributed by atoms with Crippen molar-refractivity contribution in [3.63, 3.8) is 0 Å². The van der Waals surface area contributed by atoms with Gasteiger partial charge in [-0.3, -0.25) is 0 Å². The van der Waals surface area contributed by atoms with Gasteiger partial charge in [-0.05, 0) is 31.5 Å². The highest BCUT2D eigenvalue weighted by Crippen LogP contribution is 2.24. The average Bonchev–Trinajstić information content (AvgIpc) is 3.33. The minimum atomic E-state index is 0.177. The number of halogens is 1. The van der Waals surface area contributed by atoms with E-state index in [1.165, 1.54) is 0 Å². The Balaban J connectivity index is 1.65. The van der Waals surface area contributed by atoms with E-state index in [1.807, 2.05) is 48.0 Å². The van der Waals surface area contributed by atoms with E-state index < -0.39 is 0 Å². The van der Waals surface area contributed by atoms with Crippen molar-refractivity contribution < 1.29 is 0 Å². The molecule has 29 heavy (non-hydrogen) atoms. The number of aromatic nitrogens is 7. The average molecular weight is 412 g/mol. The van der Waals surface area contributed by atoms with Crippen molar-refractivity contribution in [1.82, 2.24) is 34.3 Å². The lowest BCUT2D eigenvalue weighted by atomic mass is 10.2. The molecule has 4 rings (SSSR count). The van der Waals surface area contributed by atoms with Gasteiger partial charge in [0, 0.05) is 50.7 Å². The quantitative estimate of drug-likeness (QED) is 0.487. The first kappa shape index (κ1) is 19.1. The second kappa shape index (κ2) is 7.67. The number of pyridine rings is 1. The third kappa shape index (κ3) is 3.73. The molecule has 0 spiro atoms. The van der Waals surface area contributed by atoms with E-state index in [-0.39, 0.29) is 11.3 Å². The highest BCUT2D eigenvalue weighted by molar-refractivity contribution is 6.28. The van der Waals surface area contributed by atoms with Crippen molar-refractivity contribution in [2.24, 2.45) is 0 Å². The van der Waals surface area contributed by atoms with Crippen LogP contribution in [0.4, 0.5) is 11.6 Å². The van der Waals surface area contributed by atoms with E-state index in [9.17, 15) is 0 Å². The first-order valence-electron chi connectivity index (χ1n) is 9.25. The van der Waals surface area contributed by atoms with Gasteiger partial charge in [0.25, 0.3) is 0 Å². The van der Waals surface area contributed by atoms with Gasteiger partial charge in [0.05, 0.1) is 6.33 Å². The highest BCUT2D eigenvalue weighted by atomic mass is 35.5. The summed E-state index contributed by atoms with van der Waals surface area (Å²) in [6.07, 6.45) is 5.40. The van der Waals surface area contributed by atoms with Gasteiger partial charge in [0.15, 0.2) is 28.6 Å². The number of imidazole rings is 1. The lowest BCUT2D eigenvalue weighted by Crippen LogP contribution is -2.12. The number of hydrogen-bond donors (Lipinski definition) is 1. The standard InChI is InChI=1S/C19H22ClN9/c1-12(2)28-11-23-15-16(24-19(20)25-18(15)28)22-10-13-6-5-8-21-17(13)29-9-7-14(26-29)27(3)4/h5-9,11-12H,10H2,1-4H3,(H,22,24,25). The first-order valence-corrected chi connectivity index (χ1v) is 9.63. The minimum absolute atomic E-state index is 0.177. The normalized spacial score (nSPS) is 11.4. The maximum absolute atomic E-state index is 6.16. The van der Waals surface area contributed by atoms with Crippen LogP contribution in [0.3, 0.4) is 0 Å². The summed E-state index contributed by atoms with van der Waals surface area (Å²) in [5.41, 5.74) is 2.35. The van der Waals surface area contributed by atoms with Crippen LogP contribution in [0, 0.1) is 0 Å². The monoisotopic (exact) mass is 411 g/mol. The number of anilines is 2. The zero-order valence-corrected chi connectivity index (χ0v) is 17.5. The molecule has 0 atom stereocenters. The molecule has 4 aromatic heterocycles. The van der Waals surface area contributed by atoms with Gasteiger partial charge in [-0.1, -0.05) is 6.07 Å². The predicted molar refractivity (Wildman–Crippen MR) is 114 cm³/mol. The van der Waals surface area contributed by atoms with Crippen LogP contribution in [0.2, 0.25) is 5.28 Å². The van der Waals surface area contributed by atoms with Crippen LogP contribution in [0.5, 0.6) is 0 Å². The molecule has 1 N–H and O–H groups in total. The van der Waals surface area contributed by atoms with Crippen LogP contribution in [0.15, 0.2) is 36.9 Å². The van der Waals surface area contributed by atoms with Crippen LogP contribution >= 0.6 is 11.6 Å². The Morgan fingerprint density at radius 2 is 2.00 bits per heavy atom. The van der Waals surface area contributed by atoms with Gasteiger partial charge in [0.2, 0.25) is 5.28 Å². The third-order valence-electron chi connectivity index (χ3n) is 4.51. The third-order valence-corrected chi connectivity index (χ3v) is 4.68. The van der Waals surface area contributed by atoms with E-state index in [0.717, 1.165) is 17.2 Å². The van der Waals surface area contributed by atoms with Gasteiger partial charge in [-0.25, -0.2) is 14.6 Å². The molecule has 0 saturated carbocycles. The molecule has 9 nitrogen and oxygen atoms in total. The van der Waals surface area contributed by atoms with Crippen LogP contribution in [-0.2, 0) is 6.54 Å². The summed E-state index contributed by atoms with van der Waals surface area (Å²) in [7, 11) is 3.90. The van der Waals surface area contributed by atoms with Crippen LogP contribution in [0.1, 0.15) is 25.5 Å². The second-order valence-corrected chi connectivity index (χ2v) is 7.45. The summed E-state index contributed by atoms with van der Waals surface area (Å²) in [5, 5.41) is 8.08. The maximum atomic E-state index is 6.16. The minimum Gasteiger partial charge on any atom is -0.364 e. The van der Waals surface area contributed by atoms with Gasteiger partial charge in [-0.2, -0.15) is 9.97 Å². The lowest BCUT2D eigenvalue weighted by Gasteiger charge is -2.12. The topological polar surface area (TPSA) is 89.6 Å². The summed E-state index contributed by atoms with van der Waals surface area (Å²) >= 11 is 6.16. The van der Waals surface area contributed by atoms with Crippen molar-refractivity contribution in [2.75, 3.05) is 24.3 Å². The molecule has 4 heterocycles. The second-order valence-electron chi connectivity index (χ2n) is 7.11. The molecular formula is C19H22ClN9. The van der Waals surface area contributed by atoms with Crippen molar-refractivity contribution in [1.29, 1.82) is 0 Å². The van der Waals surface area contributed by atoms with E-state index >= 15 is 0 Å². The Kier molecular flexibility index (Phi) is 5.06.